The molecule has 0 spiro atoms. The molecule has 1 heterocycles. The third kappa shape index (κ3) is 10.8. The molecule has 2 N–H and O–H groups in total. The number of methoxy groups -OCH3 is 1. The highest BCUT2D eigenvalue weighted by Gasteiger charge is 2.01. The molecule has 0 atom stereocenters. The number of carbonyl (C=O) groups excluding carboxylic acids is 1. The van der Waals surface area contributed by atoms with Gasteiger partial charge in [0.25, 0.3) is 0 Å². The van der Waals surface area contributed by atoms with Gasteiger partial charge in [0.1, 0.15) is 5.01 Å². The number of ether oxygens (including phenoxy) is 1. The van der Waals surface area contributed by atoms with Crippen LogP contribution in [0.4, 0.5) is 0 Å². The zero-order valence-corrected chi connectivity index (χ0v) is 17.9. The molecule has 138 valence electrons. The van der Waals surface area contributed by atoms with Gasteiger partial charge in [-0.05, 0) is 26.7 Å². The Bertz CT molecular complexity index is 494. The summed E-state index contributed by atoms with van der Waals surface area (Å²) in [5, 5.41) is 7.60. The van der Waals surface area contributed by atoms with Crippen LogP contribution in [0.1, 0.15) is 48.9 Å². The number of aryl methyl sites for hydroxylation is 1. The largest absolute Gasteiger partial charge is 0.469 e. The van der Waals surface area contributed by atoms with Gasteiger partial charge in [0.05, 0.1) is 13.7 Å². The minimum absolute atomic E-state index is 0. The second-order valence-electron chi connectivity index (χ2n) is 5.23. The SMILES string of the molecule is CCNC(=NCc1ncc(C)s1)NCCCCCCC(=O)OC.I. The first-order valence-electron chi connectivity index (χ1n) is 8.16. The third-order valence-electron chi connectivity index (χ3n) is 3.21. The molecule has 0 fully saturated rings. The van der Waals surface area contributed by atoms with E-state index in [1.807, 2.05) is 6.20 Å². The lowest BCUT2D eigenvalue weighted by Gasteiger charge is -2.10. The van der Waals surface area contributed by atoms with Crippen LogP contribution < -0.4 is 10.6 Å². The molecular formula is C16H29IN4O2S. The number of guanidine groups is 1. The first-order valence-corrected chi connectivity index (χ1v) is 8.97. The number of aromatic nitrogens is 1. The van der Waals surface area contributed by atoms with E-state index in [1.165, 1.54) is 12.0 Å². The summed E-state index contributed by atoms with van der Waals surface area (Å²) >= 11 is 1.68. The molecular weight excluding hydrogens is 439 g/mol. The number of esters is 1. The Morgan fingerprint density at radius 1 is 1.29 bits per heavy atom. The van der Waals surface area contributed by atoms with Crippen LogP contribution in [-0.2, 0) is 16.1 Å². The molecule has 1 aromatic rings. The van der Waals surface area contributed by atoms with E-state index in [1.54, 1.807) is 11.3 Å². The van der Waals surface area contributed by atoms with Crippen LogP contribution in [0, 0.1) is 6.92 Å². The van der Waals surface area contributed by atoms with Crippen LogP contribution in [0.2, 0.25) is 0 Å². The predicted molar refractivity (Wildman–Crippen MR) is 110 cm³/mol. The number of carbonyl (C=O) groups is 1. The molecule has 0 aliphatic rings. The monoisotopic (exact) mass is 468 g/mol. The van der Waals surface area contributed by atoms with Crippen molar-refractivity contribution in [2.75, 3.05) is 20.2 Å². The van der Waals surface area contributed by atoms with Crippen molar-refractivity contribution >= 4 is 47.2 Å². The molecule has 0 radical (unpaired) electrons. The first kappa shape index (κ1) is 23.1. The van der Waals surface area contributed by atoms with Crippen molar-refractivity contribution in [1.82, 2.24) is 15.6 Å². The van der Waals surface area contributed by atoms with Crippen LogP contribution in [0.5, 0.6) is 0 Å². The fourth-order valence-corrected chi connectivity index (χ4v) is 2.73. The van der Waals surface area contributed by atoms with Crippen molar-refractivity contribution in [3.05, 3.63) is 16.1 Å². The Morgan fingerprint density at radius 2 is 2.04 bits per heavy atom. The summed E-state index contributed by atoms with van der Waals surface area (Å²) in [5.74, 6) is 0.706. The fourth-order valence-electron chi connectivity index (χ4n) is 2.02. The van der Waals surface area contributed by atoms with Gasteiger partial charge in [-0.15, -0.1) is 35.3 Å². The van der Waals surface area contributed by atoms with Gasteiger partial charge in [-0.2, -0.15) is 0 Å². The van der Waals surface area contributed by atoms with Crippen LogP contribution >= 0.6 is 35.3 Å². The highest BCUT2D eigenvalue weighted by molar-refractivity contribution is 14.0. The number of aliphatic imine (C=N–C) groups is 1. The summed E-state index contributed by atoms with van der Waals surface area (Å²) in [4.78, 5) is 21.1. The van der Waals surface area contributed by atoms with E-state index in [-0.39, 0.29) is 29.9 Å². The lowest BCUT2D eigenvalue weighted by atomic mass is 10.1. The van der Waals surface area contributed by atoms with Crippen LogP contribution in [0.3, 0.4) is 0 Å². The molecule has 0 unspecified atom stereocenters. The van der Waals surface area contributed by atoms with E-state index < -0.39 is 0 Å². The minimum atomic E-state index is -0.123. The Morgan fingerprint density at radius 3 is 2.67 bits per heavy atom. The Labute approximate surface area is 165 Å². The normalized spacial score (nSPS) is 10.9. The van der Waals surface area contributed by atoms with Crippen molar-refractivity contribution in [1.29, 1.82) is 0 Å². The highest BCUT2D eigenvalue weighted by Crippen LogP contribution is 2.11. The topological polar surface area (TPSA) is 75.6 Å². The molecule has 8 heteroatoms. The molecule has 0 saturated heterocycles. The second kappa shape index (κ2) is 14.4. The minimum Gasteiger partial charge on any atom is -0.469 e. The maximum absolute atomic E-state index is 11.0. The Kier molecular flexibility index (Phi) is 13.9. The van der Waals surface area contributed by atoms with Crippen LogP contribution in [0.15, 0.2) is 11.2 Å². The highest BCUT2D eigenvalue weighted by atomic mass is 127. The van der Waals surface area contributed by atoms with Crippen molar-refractivity contribution in [2.24, 2.45) is 4.99 Å². The van der Waals surface area contributed by atoms with Gasteiger partial charge in [-0.3, -0.25) is 4.79 Å². The maximum atomic E-state index is 11.0. The van der Waals surface area contributed by atoms with E-state index in [9.17, 15) is 4.79 Å². The molecule has 0 aliphatic heterocycles. The van der Waals surface area contributed by atoms with Crippen molar-refractivity contribution in [3.63, 3.8) is 0 Å². The van der Waals surface area contributed by atoms with Crippen LogP contribution in [0.25, 0.3) is 0 Å². The van der Waals surface area contributed by atoms with Crippen molar-refractivity contribution < 1.29 is 9.53 Å². The number of nitrogens with zero attached hydrogens (tertiary/aromatic N) is 2. The smallest absolute Gasteiger partial charge is 0.305 e. The summed E-state index contributed by atoms with van der Waals surface area (Å²) in [7, 11) is 1.43. The van der Waals surface area contributed by atoms with E-state index >= 15 is 0 Å². The number of unbranched alkanes of at least 4 members (excludes halogenated alkanes) is 3. The van der Waals surface area contributed by atoms with Crippen molar-refractivity contribution in [3.8, 4) is 0 Å². The quantitative estimate of drug-likeness (QED) is 0.181. The lowest BCUT2D eigenvalue weighted by Crippen LogP contribution is -2.37. The zero-order valence-electron chi connectivity index (χ0n) is 14.8. The van der Waals surface area contributed by atoms with Gasteiger partial charge in [0, 0.05) is 30.6 Å². The van der Waals surface area contributed by atoms with E-state index in [0.29, 0.717) is 13.0 Å². The Hall–Kier alpha value is -0.900. The van der Waals surface area contributed by atoms with Gasteiger partial charge in [0.2, 0.25) is 0 Å². The molecule has 0 saturated carbocycles. The molecule has 24 heavy (non-hydrogen) atoms. The third-order valence-corrected chi connectivity index (χ3v) is 4.11. The number of halogens is 1. The molecule has 0 aliphatic carbocycles. The van der Waals surface area contributed by atoms with Gasteiger partial charge in [0.15, 0.2) is 5.96 Å². The van der Waals surface area contributed by atoms with E-state index in [0.717, 1.165) is 49.7 Å². The van der Waals surface area contributed by atoms with Crippen molar-refractivity contribution in [2.45, 2.75) is 52.5 Å². The van der Waals surface area contributed by atoms with Crippen LogP contribution in [-0.4, -0.2) is 37.1 Å². The zero-order chi connectivity index (χ0) is 16.9. The fraction of sp³-hybridized carbons (Fsp3) is 0.688. The molecule has 0 bridgehead atoms. The number of hydrogen-bond donors (Lipinski definition) is 2. The number of hydrogen-bond acceptors (Lipinski definition) is 5. The predicted octanol–water partition coefficient (Wildman–Crippen LogP) is 3.25. The molecule has 1 rings (SSSR count). The summed E-state index contributed by atoms with van der Waals surface area (Å²) in [6, 6.07) is 0. The van der Waals surface area contributed by atoms with Gasteiger partial charge in [-0.25, -0.2) is 9.98 Å². The lowest BCUT2D eigenvalue weighted by molar-refractivity contribution is -0.140. The summed E-state index contributed by atoms with van der Waals surface area (Å²) in [6.07, 6.45) is 6.48. The number of thiazole rings is 1. The second-order valence-corrected chi connectivity index (χ2v) is 6.55. The van der Waals surface area contributed by atoms with E-state index in [2.05, 4.69) is 39.2 Å². The standard InChI is InChI=1S/C16H28N4O2S.HI/c1-4-17-16(20-12-14-19-11-13(2)23-14)18-10-8-6-5-7-9-15(21)22-3;/h11H,4-10,12H2,1-3H3,(H2,17,18,20);1H. The van der Waals surface area contributed by atoms with Gasteiger partial charge in [-0.1, -0.05) is 12.8 Å². The molecule has 1 aromatic heterocycles. The molecule has 6 nitrogen and oxygen atoms in total. The average Bonchev–Trinajstić information content (AvgIpc) is 2.96. The number of rotatable bonds is 10. The van der Waals surface area contributed by atoms with E-state index in [4.69, 9.17) is 0 Å². The molecule has 0 aromatic carbocycles. The molecule has 0 amide bonds. The first-order chi connectivity index (χ1) is 11.2. The summed E-state index contributed by atoms with van der Waals surface area (Å²) < 4.78 is 4.62. The summed E-state index contributed by atoms with van der Waals surface area (Å²) in [5.41, 5.74) is 0. The Balaban J connectivity index is 0.00000529. The number of nitrogens with one attached hydrogen (secondary N) is 2. The summed E-state index contributed by atoms with van der Waals surface area (Å²) in [6.45, 7) is 6.42. The maximum Gasteiger partial charge on any atom is 0.305 e. The average molecular weight is 468 g/mol. The van der Waals surface area contributed by atoms with Gasteiger partial charge < -0.3 is 15.4 Å². The van der Waals surface area contributed by atoms with Gasteiger partial charge >= 0.3 is 5.97 Å².